The molecule has 0 aliphatic carbocycles. The normalized spacial score (nSPS) is 10.2. The molecule has 8 heteroatoms. The Morgan fingerprint density at radius 1 is 1.40 bits per heavy atom. The summed E-state index contributed by atoms with van der Waals surface area (Å²) in [5.74, 6) is -0.899. The van der Waals surface area contributed by atoms with Gasteiger partial charge in [-0.15, -0.1) is 0 Å². The van der Waals surface area contributed by atoms with Gasteiger partial charge in [0, 0.05) is 10.7 Å². The third-order valence-electron chi connectivity index (χ3n) is 2.34. The lowest BCUT2D eigenvalue weighted by molar-refractivity contribution is -0.385. The zero-order valence-electron chi connectivity index (χ0n) is 10.2. The molecule has 0 N–H and O–H groups in total. The van der Waals surface area contributed by atoms with Gasteiger partial charge in [0.15, 0.2) is 5.82 Å². The van der Waals surface area contributed by atoms with Gasteiger partial charge in [-0.25, -0.2) is 9.37 Å². The second-order valence-corrected chi connectivity index (χ2v) is 4.55. The van der Waals surface area contributed by atoms with Gasteiger partial charge in [0.25, 0.3) is 5.88 Å². The molecule has 0 saturated heterocycles. The molecule has 1 aromatic heterocycles. The summed E-state index contributed by atoms with van der Waals surface area (Å²) in [4.78, 5) is 14.0. The van der Waals surface area contributed by atoms with Crippen LogP contribution in [0.1, 0.15) is 0 Å². The standard InChI is InChI=1S/C12H8BrFN2O4/c1-19-8-2-3-11(10(5-8)16(17)18)20-12-9(14)4-7(13)6-15-12/h2-6H,1H3. The van der Waals surface area contributed by atoms with E-state index >= 15 is 0 Å². The zero-order valence-corrected chi connectivity index (χ0v) is 11.8. The van der Waals surface area contributed by atoms with Crippen molar-refractivity contribution >= 4 is 21.6 Å². The molecule has 0 fully saturated rings. The lowest BCUT2D eigenvalue weighted by Gasteiger charge is -2.07. The van der Waals surface area contributed by atoms with Gasteiger partial charge in [0.05, 0.1) is 18.1 Å². The van der Waals surface area contributed by atoms with Crippen molar-refractivity contribution in [2.24, 2.45) is 0 Å². The van der Waals surface area contributed by atoms with Crippen molar-refractivity contribution in [3.05, 3.63) is 50.9 Å². The molecule has 6 nitrogen and oxygen atoms in total. The van der Waals surface area contributed by atoms with Crippen molar-refractivity contribution in [1.29, 1.82) is 0 Å². The monoisotopic (exact) mass is 342 g/mol. The van der Waals surface area contributed by atoms with Gasteiger partial charge in [-0.05, 0) is 34.1 Å². The maximum absolute atomic E-state index is 13.6. The number of nitro benzene ring substituents is 1. The molecule has 1 heterocycles. The second-order valence-electron chi connectivity index (χ2n) is 3.63. The summed E-state index contributed by atoms with van der Waals surface area (Å²) >= 11 is 3.06. The molecule has 1 aromatic carbocycles. The van der Waals surface area contributed by atoms with Crippen molar-refractivity contribution in [3.63, 3.8) is 0 Å². The van der Waals surface area contributed by atoms with Gasteiger partial charge >= 0.3 is 5.69 Å². The highest BCUT2D eigenvalue weighted by molar-refractivity contribution is 9.10. The Kier molecular flexibility index (Phi) is 4.14. The first kappa shape index (κ1) is 14.2. The van der Waals surface area contributed by atoms with Crippen LogP contribution >= 0.6 is 15.9 Å². The van der Waals surface area contributed by atoms with Crippen LogP contribution in [0.5, 0.6) is 17.4 Å². The van der Waals surface area contributed by atoms with Crippen LogP contribution in [0.15, 0.2) is 34.9 Å². The first-order valence-corrected chi connectivity index (χ1v) is 6.12. The van der Waals surface area contributed by atoms with Gasteiger partial charge in [-0.2, -0.15) is 0 Å². The fourth-order valence-electron chi connectivity index (χ4n) is 1.43. The number of methoxy groups -OCH3 is 1. The average Bonchev–Trinajstić information content (AvgIpc) is 2.42. The van der Waals surface area contributed by atoms with E-state index in [9.17, 15) is 14.5 Å². The summed E-state index contributed by atoms with van der Waals surface area (Å²) in [5.41, 5.74) is -0.339. The van der Waals surface area contributed by atoms with E-state index in [1.807, 2.05) is 0 Å². The van der Waals surface area contributed by atoms with Crippen LogP contribution < -0.4 is 9.47 Å². The van der Waals surface area contributed by atoms with Crippen LogP contribution in [-0.4, -0.2) is 17.0 Å². The molecule has 0 atom stereocenters. The van der Waals surface area contributed by atoms with Gasteiger partial charge in [0.1, 0.15) is 5.75 Å². The van der Waals surface area contributed by atoms with Crippen LogP contribution in [0.2, 0.25) is 0 Å². The topological polar surface area (TPSA) is 74.5 Å². The van der Waals surface area contributed by atoms with E-state index < -0.39 is 10.7 Å². The minimum Gasteiger partial charge on any atom is -0.496 e. The number of benzene rings is 1. The zero-order chi connectivity index (χ0) is 14.7. The molecule has 0 amide bonds. The number of hydrogen-bond donors (Lipinski definition) is 0. The molecule has 0 aliphatic heterocycles. The number of ether oxygens (including phenoxy) is 2. The van der Waals surface area contributed by atoms with E-state index in [1.165, 1.54) is 31.5 Å². The van der Waals surface area contributed by atoms with Crippen LogP contribution in [0.3, 0.4) is 0 Å². The molecule has 104 valence electrons. The summed E-state index contributed by atoms with van der Waals surface area (Å²) in [5, 5.41) is 11.0. The van der Waals surface area contributed by atoms with Crippen LogP contribution in [0.25, 0.3) is 0 Å². The summed E-state index contributed by atoms with van der Waals surface area (Å²) in [7, 11) is 1.38. The van der Waals surface area contributed by atoms with Crippen molar-refractivity contribution in [2.75, 3.05) is 7.11 Å². The largest absolute Gasteiger partial charge is 0.496 e. The van der Waals surface area contributed by atoms with Crippen molar-refractivity contribution in [1.82, 2.24) is 4.98 Å². The first-order chi connectivity index (χ1) is 9.51. The smallest absolute Gasteiger partial charge is 0.315 e. The van der Waals surface area contributed by atoms with Crippen LogP contribution in [0, 0.1) is 15.9 Å². The van der Waals surface area contributed by atoms with Gasteiger partial charge in [-0.3, -0.25) is 10.1 Å². The number of nitro groups is 1. The first-order valence-electron chi connectivity index (χ1n) is 5.32. The van der Waals surface area contributed by atoms with E-state index in [0.29, 0.717) is 10.2 Å². The van der Waals surface area contributed by atoms with E-state index in [-0.39, 0.29) is 17.3 Å². The summed E-state index contributed by atoms with van der Waals surface area (Å²) in [6.07, 6.45) is 1.33. The van der Waals surface area contributed by atoms with Crippen molar-refractivity contribution in [2.45, 2.75) is 0 Å². The minimum absolute atomic E-state index is 0.121. The van der Waals surface area contributed by atoms with Crippen molar-refractivity contribution < 1.29 is 18.8 Å². The quantitative estimate of drug-likeness (QED) is 0.625. The Bertz CT molecular complexity index is 666. The summed E-state index contributed by atoms with van der Waals surface area (Å²) < 4.78 is 24.1. The van der Waals surface area contributed by atoms with E-state index in [2.05, 4.69) is 20.9 Å². The second kappa shape index (κ2) is 5.83. The number of rotatable bonds is 4. The highest BCUT2D eigenvalue weighted by atomic mass is 79.9. The fraction of sp³-hybridized carbons (Fsp3) is 0.0833. The predicted molar refractivity (Wildman–Crippen MR) is 71.6 cm³/mol. The van der Waals surface area contributed by atoms with Crippen LogP contribution in [-0.2, 0) is 0 Å². The number of nitrogens with zero attached hydrogens (tertiary/aromatic N) is 2. The lowest BCUT2D eigenvalue weighted by Crippen LogP contribution is -1.97. The molecule has 2 aromatic rings. The Morgan fingerprint density at radius 3 is 2.75 bits per heavy atom. The third kappa shape index (κ3) is 3.02. The Labute approximate surface area is 121 Å². The number of halogens is 2. The Balaban J connectivity index is 2.40. The third-order valence-corrected chi connectivity index (χ3v) is 2.78. The van der Waals surface area contributed by atoms with Crippen molar-refractivity contribution in [3.8, 4) is 17.4 Å². The molecule has 0 unspecified atom stereocenters. The van der Waals surface area contributed by atoms with Crippen LogP contribution in [0.4, 0.5) is 10.1 Å². The summed E-state index contributed by atoms with van der Waals surface area (Å²) in [6, 6.07) is 5.13. The highest BCUT2D eigenvalue weighted by Gasteiger charge is 2.19. The average molecular weight is 343 g/mol. The molecule has 0 aliphatic rings. The highest BCUT2D eigenvalue weighted by Crippen LogP contribution is 2.34. The van der Waals surface area contributed by atoms with E-state index in [0.717, 1.165) is 6.07 Å². The lowest BCUT2D eigenvalue weighted by atomic mass is 10.3. The molecule has 0 spiro atoms. The van der Waals surface area contributed by atoms with E-state index in [4.69, 9.17) is 9.47 Å². The van der Waals surface area contributed by atoms with Gasteiger partial charge < -0.3 is 9.47 Å². The maximum Gasteiger partial charge on any atom is 0.315 e. The predicted octanol–water partition coefficient (Wildman–Crippen LogP) is 3.69. The SMILES string of the molecule is COc1ccc(Oc2ncc(Br)cc2F)c([N+](=O)[O-])c1. The maximum atomic E-state index is 13.6. The molecule has 0 bridgehead atoms. The molecular formula is C12H8BrFN2O4. The Morgan fingerprint density at radius 2 is 2.15 bits per heavy atom. The number of hydrogen-bond acceptors (Lipinski definition) is 5. The molecule has 0 saturated carbocycles. The van der Waals surface area contributed by atoms with Gasteiger partial charge in [0.2, 0.25) is 5.75 Å². The van der Waals surface area contributed by atoms with Gasteiger partial charge in [-0.1, -0.05) is 0 Å². The Hall–Kier alpha value is -2.22. The van der Waals surface area contributed by atoms with E-state index in [1.54, 1.807) is 0 Å². The molecular weight excluding hydrogens is 335 g/mol. The number of aromatic nitrogens is 1. The molecule has 2 rings (SSSR count). The fourth-order valence-corrected chi connectivity index (χ4v) is 1.74. The molecule has 20 heavy (non-hydrogen) atoms. The number of pyridine rings is 1. The summed E-state index contributed by atoms with van der Waals surface area (Å²) in [6.45, 7) is 0. The molecule has 0 radical (unpaired) electrons. The minimum atomic E-state index is -0.732.